The molecular formula is C14H13F4NO2. The fourth-order valence-corrected chi connectivity index (χ4v) is 1.85. The molecule has 2 rings (SSSR count). The van der Waals surface area contributed by atoms with Crippen molar-refractivity contribution in [3.8, 4) is 0 Å². The summed E-state index contributed by atoms with van der Waals surface area (Å²) < 4.78 is 55.8. The molecule has 3 nitrogen and oxygen atoms in total. The maximum absolute atomic E-state index is 13.2. The van der Waals surface area contributed by atoms with E-state index >= 15 is 0 Å². The van der Waals surface area contributed by atoms with Gasteiger partial charge in [-0.25, -0.2) is 4.39 Å². The fraction of sp³-hybridized carbons (Fsp3) is 0.286. The van der Waals surface area contributed by atoms with Crippen LogP contribution in [0.3, 0.4) is 0 Å². The van der Waals surface area contributed by atoms with Gasteiger partial charge in [-0.1, -0.05) is 0 Å². The van der Waals surface area contributed by atoms with Gasteiger partial charge in [0.05, 0.1) is 11.8 Å². The van der Waals surface area contributed by atoms with Crippen molar-refractivity contribution in [3.05, 3.63) is 59.3 Å². The largest absolute Gasteiger partial charge is 0.467 e. The van der Waals surface area contributed by atoms with Crippen molar-refractivity contribution in [2.75, 3.05) is 6.54 Å². The van der Waals surface area contributed by atoms with E-state index in [0.29, 0.717) is 11.8 Å². The second-order valence-corrected chi connectivity index (χ2v) is 4.51. The molecule has 0 radical (unpaired) electrons. The van der Waals surface area contributed by atoms with Crippen molar-refractivity contribution >= 4 is 0 Å². The van der Waals surface area contributed by atoms with E-state index in [2.05, 4.69) is 5.32 Å². The molecule has 114 valence electrons. The number of benzene rings is 1. The number of rotatable bonds is 5. The van der Waals surface area contributed by atoms with E-state index in [-0.39, 0.29) is 18.7 Å². The molecule has 1 heterocycles. The number of hydrogen-bond acceptors (Lipinski definition) is 3. The molecule has 0 aliphatic heterocycles. The van der Waals surface area contributed by atoms with Crippen LogP contribution in [0.25, 0.3) is 0 Å². The predicted octanol–water partition coefficient (Wildman–Crippen LogP) is 3.26. The lowest BCUT2D eigenvalue weighted by Gasteiger charge is -2.12. The molecule has 0 aliphatic carbocycles. The van der Waals surface area contributed by atoms with E-state index in [9.17, 15) is 22.7 Å². The van der Waals surface area contributed by atoms with Crippen molar-refractivity contribution in [2.24, 2.45) is 0 Å². The molecule has 0 saturated carbocycles. The monoisotopic (exact) mass is 303 g/mol. The highest BCUT2D eigenvalue weighted by Crippen LogP contribution is 2.30. The molecule has 0 saturated heterocycles. The molecule has 1 unspecified atom stereocenters. The average molecular weight is 303 g/mol. The summed E-state index contributed by atoms with van der Waals surface area (Å²) in [6.07, 6.45) is -4.11. The molecule has 1 aromatic carbocycles. The molecular weight excluding hydrogens is 290 g/mol. The van der Waals surface area contributed by atoms with Gasteiger partial charge in [-0.05, 0) is 35.9 Å². The molecule has 0 spiro atoms. The number of furan rings is 1. The summed E-state index contributed by atoms with van der Waals surface area (Å²) in [7, 11) is 0. The standard InChI is InChI=1S/C14H13F4NO2/c15-11-5-9(4-10(6-11)14(16,17)18)7-19-8-12(20)13-2-1-3-21-13/h1-6,12,19-20H,7-8H2. The van der Waals surface area contributed by atoms with Crippen LogP contribution in [0, 0.1) is 5.82 Å². The zero-order valence-corrected chi connectivity index (χ0v) is 10.8. The van der Waals surface area contributed by atoms with Gasteiger partial charge < -0.3 is 14.8 Å². The van der Waals surface area contributed by atoms with Crippen LogP contribution in [0.2, 0.25) is 0 Å². The minimum absolute atomic E-state index is 0.00138. The van der Waals surface area contributed by atoms with Crippen LogP contribution in [0.15, 0.2) is 41.0 Å². The topological polar surface area (TPSA) is 45.4 Å². The lowest BCUT2D eigenvalue weighted by Crippen LogP contribution is -2.21. The Labute approximate surface area is 118 Å². The molecule has 0 amide bonds. The highest BCUT2D eigenvalue weighted by atomic mass is 19.4. The van der Waals surface area contributed by atoms with E-state index in [0.717, 1.165) is 12.1 Å². The SMILES string of the molecule is OC(CNCc1cc(F)cc(C(F)(F)F)c1)c1ccco1. The first-order chi connectivity index (χ1) is 9.86. The number of nitrogens with one attached hydrogen (secondary N) is 1. The maximum atomic E-state index is 13.2. The van der Waals surface area contributed by atoms with E-state index in [1.165, 1.54) is 6.26 Å². The summed E-state index contributed by atoms with van der Waals surface area (Å²) in [5.74, 6) is -0.606. The Morgan fingerprint density at radius 2 is 2.00 bits per heavy atom. The molecule has 0 fully saturated rings. The summed E-state index contributed by atoms with van der Waals surface area (Å²) in [6, 6.07) is 5.52. The number of aliphatic hydroxyl groups excluding tert-OH is 1. The molecule has 1 aromatic heterocycles. The Bertz CT molecular complexity index is 581. The van der Waals surface area contributed by atoms with Gasteiger partial charge in [0, 0.05) is 13.1 Å². The maximum Gasteiger partial charge on any atom is 0.416 e. The zero-order chi connectivity index (χ0) is 15.5. The first kappa shape index (κ1) is 15.5. The third-order valence-corrected chi connectivity index (χ3v) is 2.82. The Hall–Kier alpha value is -1.86. The smallest absolute Gasteiger partial charge is 0.416 e. The van der Waals surface area contributed by atoms with Gasteiger partial charge in [-0.3, -0.25) is 0 Å². The number of hydrogen-bond donors (Lipinski definition) is 2. The van der Waals surface area contributed by atoms with E-state index < -0.39 is 23.7 Å². The number of halogens is 4. The number of aliphatic hydroxyl groups is 1. The molecule has 21 heavy (non-hydrogen) atoms. The van der Waals surface area contributed by atoms with Crippen LogP contribution in [-0.2, 0) is 12.7 Å². The van der Waals surface area contributed by atoms with Crippen LogP contribution in [0.4, 0.5) is 17.6 Å². The quantitative estimate of drug-likeness (QED) is 0.833. The van der Waals surface area contributed by atoms with Crippen molar-refractivity contribution < 1.29 is 27.1 Å². The summed E-state index contributed by atoms with van der Waals surface area (Å²) in [6.45, 7) is 0.0734. The Balaban J connectivity index is 1.96. The van der Waals surface area contributed by atoms with Gasteiger partial charge >= 0.3 is 6.18 Å². The molecule has 1 atom stereocenters. The van der Waals surface area contributed by atoms with Crippen LogP contribution >= 0.6 is 0 Å². The van der Waals surface area contributed by atoms with Crippen LogP contribution < -0.4 is 5.32 Å². The van der Waals surface area contributed by atoms with Crippen molar-refractivity contribution in [3.63, 3.8) is 0 Å². The molecule has 2 aromatic rings. The van der Waals surface area contributed by atoms with E-state index in [1.54, 1.807) is 12.1 Å². The van der Waals surface area contributed by atoms with E-state index in [4.69, 9.17) is 4.42 Å². The lowest BCUT2D eigenvalue weighted by atomic mass is 10.1. The predicted molar refractivity (Wildman–Crippen MR) is 66.8 cm³/mol. The molecule has 0 aliphatic rings. The zero-order valence-electron chi connectivity index (χ0n) is 10.8. The van der Waals surface area contributed by atoms with E-state index in [1.807, 2.05) is 0 Å². The first-order valence-electron chi connectivity index (χ1n) is 6.15. The minimum Gasteiger partial charge on any atom is -0.467 e. The molecule has 0 bridgehead atoms. The van der Waals surface area contributed by atoms with Crippen LogP contribution in [0.1, 0.15) is 23.0 Å². The van der Waals surface area contributed by atoms with Crippen molar-refractivity contribution in [1.29, 1.82) is 0 Å². The average Bonchev–Trinajstić information content (AvgIpc) is 2.90. The Kier molecular flexibility index (Phi) is 4.64. The van der Waals surface area contributed by atoms with Crippen molar-refractivity contribution in [1.82, 2.24) is 5.32 Å². The molecule has 7 heteroatoms. The summed E-state index contributed by atoms with van der Waals surface area (Å²) in [5, 5.41) is 12.5. The second kappa shape index (κ2) is 6.28. The fourth-order valence-electron chi connectivity index (χ4n) is 1.85. The van der Waals surface area contributed by atoms with Crippen LogP contribution in [-0.4, -0.2) is 11.7 Å². The Morgan fingerprint density at radius 1 is 1.24 bits per heavy atom. The third kappa shape index (κ3) is 4.30. The summed E-state index contributed by atoms with van der Waals surface area (Å²) >= 11 is 0. The number of alkyl halides is 3. The Morgan fingerprint density at radius 3 is 2.62 bits per heavy atom. The van der Waals surface area contributed by atoms with Gasteiger partial charge in [0.1, 0.15) is 17.7 Å². The van der Waals surface area contributed by atoms with Crippen LogP contribution in [0.5, 0.6) is 0 Å². The van der Waals surface area contributed by atoms with Gasteiger partial charge in [0.15, 0.2) is 0 Å². The second-order valence-electron chi connectivity index (χ2n) is 4.51. The highest BCUT2D eigenvalue weighted by molar-refractivity contribution is 5.26. The normalized spacial score (nSPS) is 13.4. The minimum atomic E-state index is -4.59. The molecule has 2 N–H and O–H groups in total. The highest BCUT2D eigenvalue weighted by Gasteiger charge is 2.31. The van der Waals surface area contributed by atoms with Gasteiger partial charge in [0.25, 0.3) is 0 Å². The summed E-state index contributed by atoms with van der Waals surface area (Å²) in [5.41, 5.74) is -0.889. The third-order valence-electron chi connectivity index (χ3n) is 2.82. The lowest BCUT2D eigenvalue weighted by molar-refractivity contribution is -0.137. The summed E-state index contributed by atoms with van der Waals surface area (Å²) in [4.78, 5) is 0. The van der Waals surface area contributed by atoms with Crippen molar-refractivity contribution in [2.45, 2.75) is 18.8 Å². The van der Waals surface area contributed by atoms with Gasteiger partial charge in [-0.2, -0.15) is 13.2 Å². The first-order valence-corrected chi connectivity index (χ1v) is 6.15. The van der Waals surface area contributed by atoms with Gasteiger partial charge in [0.2, 0.25) is 0 Å². The van der Waals surface area contributed by atoms with Gasteiger partial charge in [-0.15, -0.1) is 0 Å².